The maximum Gasteiger partial charge on any atom is 0.193 e. The average Bonchev–Trinajstić information content (AvgIpc) is 3.37. The Morgan fingerprint density at radius 1 is 1.21 bits per heavy atom. The molecule has 178 valence electrons. The van der Waals surface area contributed by atoms with Crippen LogP contribution in [0.1, 0.15) is 55.8 Å². The van der Waals surface area contributed by atoms with Gasteiger partial charge in [0.05, 0.1) is 11.4 Å². The standard InChI is InChI=1S/C25H35N7.HI/c1-3-28-25(31-16-19-7-4-5-8-20(19)17-31)29-14-6-9-23-22(15-26)24(27)32(30-23)21-12-10-18(2)11-13-21;/h10-13,19-20H,3-9,14,16-17,27H2,1-2H3,(H,28,29);1H. The molecule has 2 aromatic rings. The molecule has 7 nitrogen and oxygen atoms in total. The van der Waals surface area contributed by atoms with Crippen LogP contribution in [0.5, 0.6) is 0 Å². The smallest absolute Gasteiger partial charge is 0.193 e. The predicted molar refractivity (Wildman–Crippen MR) is 144 cm³/mol. The third-order valence-corrected chi connectivity index (χ3v) is 6.83. The number of nitrogens with one attached hydrogen (secondary N) is 1. The van der Waals surface area contributed by atoms with Gasteiger partial charge in [-0.15, -0.1) is 24.0 Å². The third-order valence-electron chi connectivity index (χ3n) is 6.83. The second-order valence-electron chi connectivity index (χ2n) is 9.11. The first-order valence-electron chi connectivity index (χ1n) is 12.0. The van der Waals surface area contributed by atoms with Crippen LogP contribution in [0.2, 0.25) is 0 Å². The number of hydrogen-bond acceptors (Lipinski definition) is 4. The molecule has 8 heteroatoms. The fourth-order valence-electron chi connectivity index (χ4n) is 5.09. The van der Waals surface area contributed by atoms with Crippen LogP contribution in [0.3, 0.4) is 0 Å². The van der Waals surface area contributed by atoms with Gasteiger partial charge >= 0.3 is 0 Å². The molecule has 1 aromatic carbocycles. The molecule has 4 rings (SSSR count). The molecule has 1 saturated carbocycles. The lowest BCUT2D eigenvalue weighted by molar-refractivity contribution is 0.299. The zero-order chi connectivity index (χ0) is 22.5. The number of aliphatic imine (C=N–C) groups is 1. The molecule has 2 heterocycles. The van der Waals surface area contributed by atoms with Gasteiger partial charge in [0, 0.05) is 26.2 Å². The van der Waals surface area contributed by atoms with Crippen LogP contribution in [0.25, 0.3) is 5.69 Å². The Hall–Kier alpha value is -2.28. The van der Waals surface area contributed by atoms with Crippen molar-refractivity contribution in [2.45, 2.75) is 52.4 Å². The molecule has 0 bridgehead atoms. The molecule has 0 spiro atoms. The van der Waals surface area contributed by atoms with Gasteiger partial charge in [-0.3, -0.25) is 4.99 Å². The van der Waals surface area contributed by atoms with Crippen LogP contribution in [0.4, 0.5) is 5.82 Å². The molecule has 0 amide bonds. The number of hydrogen-bond donors (Lipinski definition) is 2. The summed E-state index contributed by atoms with van der Waals surface area (Å²) in [6, 6.07) is 10.2. The fraction of sp³-hybridized carbons (Fsp3) is 0.560. The molecule has 33 heavy (non-hydrogen) atoms. The van der Waals surface area contributed by atoms with Crippen molar-refractivity contribution >= 4 is 35.8 Å². The number of aromatic nitrogens is 2. The Balaban J connectivity index is 0.00000306. The predicted octanol–water partition coefficient (Wildman–Crippen LogP) is 4.27. The number of nitrogens with two attached hydrogens (primary N) is 1. The second kappa shape index (κ2) is 11.7. The summed E-state index contributed by atoms with van der Waals surface area (Å²) in [6.07, 6.45) is 6.99. The molecule has 3 N–H and O–H groups in total. The first kappa shape index (κ1) is 25.3. The van der Waals surface area contributed by atoms with Gasteiger partial charge in [0.2, 0.25) is 0 Å². The largest absolute Gasteiger partial charge is 0.382 e. The zero-order valence-corrected chi connectivity index (χ0v) is 22.1. The summed E-state index contributed by atoms with van der Waals surface area (Å²) < 4.78 is 1.67. The summed E-state index contributed by atoms with van der Waals surface area (Å²) in [5.74, 6) is 3.11. The van der Waals surface area contributed by atoms with Crippen molar-refractivity contribution in [1.82, 2.24) is 20.0 Å². The maximum atomic E-state index is 9.64. The summed E-state index contributed by atoms with van der Waals surface area (Å²) in [5, 5.41) is 17.8. The summed E-state index contributed by atoms with van der Waals surface area (Å²) in [6.45, 7) is 8.01. The van der Waals surface area contributed by atoms with E-state index in [0.29, 0.717) is 24.3 Å². The number of benzene rings is 1. The topological polar surface area (TPSA) is 95.3 Å². The van der Waals surface area contributed by atoms with Gasteiger partial charge in [-0.1, -0.05) is 30.5 Å². The number of likely N-dealkylation sites (tertiary alicyclic amines) is 1. The van der Waals surface area contributed by atoms with Gasteiger partial charge in [0.15, 0.2) is 5.96 Å². The lowest BCUT2D eigenvalue weighted by Gasteiger charge is -2.22. The summed E-state index contributed by atoms with van der Waals surface area (Å²) in [4.78, 5) is 7.36. The van der Waals surface area contributed by atoms with Crippen molar-refractivity contribution in [2.24, 2.45) is 16.8 Å². The first-order chi connectivity index (χ1) is 15.6. The summed E-state index contributed by atoms with van der Waals surface area (Å²) >= 11 is 0. The lowest BCUT2D eigenvalue weighted by Crippen LogP contribution is -2.40. The maximum absolute atomic E-state index is 9.64. The highest BCUT2D eigenvalue weighted by atomic mass is 127. The minimum Gasteiger partial charge on any atom is -0.382 e. The van der Waals surface area contributed by atoms with E-state index in [9.17, 15) is 5.26 Å². The van der Waals surface area contributed by atoms with Crippen molar-refractivity contribution in [3.63, 3.8) is 0 Å². The molecule has 2 aliphatic rings. The first-order valence-corrected chi connectivity index (χ1v) is 12.0. The van der Waals surface area contributed by atoms with E-state index in [1.165, 1.54) is 31.2 Å². The number of aryl methyl sites for hydroxylation is 2. The van der Waals surface area contributed by atoms with Gasteiger partial charge in [0.1, 0.15) is 17.5 Å². The number of fused-ring (bicyclic) bond motifs is 1. The molecule has 1 saturated heterocycles. The minimum absolute atomic E-state index is 0. The molecule has 2 unspecified atom stereocenters. The van der Waals surface area contributed by atoms with Crippen LogP contribution in [0, 0.1) is 30.1 Å². The van der Waals surface area contributed by atoms with Crippen LogP contribution in [-0.4, -0.2) is 46.8 Å². The highest BCUT2D eigenvalue weighted by molar-refractivity contribution is 14.0. The molecule has 2 fully saturated rings. The summed E-state index contributed by atoms with van der Waals surface area (Å²) in [7, 11) is 0. The minimum atomic E-state index is 0. The van der Waals surface area contributed by atoms with Gasteiger partial charge < -0.3 is 16.0 Å². The Morgan fingerprint density at radius 3 is 2.48 bits per heavy atom. The Morgan fingerprint density at radius 2 is 1.88 bits per heavy atom. The van der Waals surface area contributed by atoms with Gasteiger partial charge in [0.25, 0.3) is 0 Å². The Bertz CT molecular complexity index is 975. The zero-order valence-electron chi connectivity index (χ0n) is 19.8. The highest BCUT2D eigenvalue weighted by Crippen LogP contribution is 2.36. The number of halogens is 1. The van der Waals surface area contributed by atoms with E-state index in [4.69, 9.17) is 10.7 Å². The number of nitrogen functional groups attached to an aromatic ring is 1. The quantitative estimate of drug-likeness (QED) is 0.238. The van der Waals surface area contributed by atoms with E-state index in [1.54, 1.807) is 4.68 Å². The van der Waals surface area contributed by atoms with Crippen molar-refractivity contribution in [2.75, 3.05) is 31.9 Å². The lowest BCUT2D eigenvalue weighted by atomic mass is 9.82. The number of nitriles is 1. The molecule has 0 radical (unpaired) electrons. The van der Waals surface area contributed by atoms with Gasteiger partial charge in [-0.05, 0) is 63.5 Å². The van der Waals surface area contributed by atoms with Crippen LogP contribution in [0.15, 0.2) is 29.3 Å². The molecule has 1 aromatic heterocycles. The van der Waals surface area contributed by atoms with Crippen molar-refractivity contribution in [3.8, 4) is 11.8 Å². The number of guanidine groups is 1. The number of anilines is 1. The molecule has 2 atom stereocenters. The summed E-state index contributed by atoms with van der Waals surface area (Å²) in [5.41, 5.74) is 9.52. The van der Waals surface area contributed by atoms with E-state index in [2.05, 4.69) is 28.3 Å². The third kappa shape index (κ3) is 5.81. The SMILES string of the molecule is CCNC(=NCCCc1nn(-c2ccc(C)cc2)c(N)c1C#N)N1CC2CCCCC2C1.I. The highest BCUT2D eigenvalue weighted by Gasteiger charge is 2.35. The fourth-order valence-corrected chi connectivity index (χ4v) is 5.09. The number of rotatable bonds is 6. The van der Waals surface area contributed by atoms with E-state index < -0.39 is 0 Å². The van der Waals surface area contributed by atoms with E-state index in [1.807, 2.05) is 31.2 Å². The second-order valence-corrected chi connectivity index (χ2v) is 9.11. The normalized spacial score (nSPS) is 20.2. The Kier molecular flexibility index (Phi) is 9.01. The van der Waals surface area contributed by atoms with E-state index >= 15 is 0 Å². The van der Waals surface area contributed by atoms with Crippen molar-refractivity contribution in [3.05, 3.63) is 41.1 Å². The van der Waals surface area contributed by atoms with Crippen LogP contribution >= 0.6 is 24.0 Å². The monoisotopic (exact) mass is 561 g/mol. The van der Waals surface area contributed by atoms with E-state index in [0.717, 1.165) is 55.2 Å². The van der Waals surface area contributed by atoms with Crippen LogP contribution in [-0.2, 0) is 6.42 Å². The van der Waals surface area contributed by atoms with Crippen molar-refractivity contribution in [1.29, 1.82) is 5.26 Å². The van der Waals surface area contributed by atoms with E-state index in [-0.39, 0.29) is 24.0 Å². The number of nitrogens with zero attached hydrogens (tertiary/aromatic N) is 5. The van der Waals surface area contributed by atoms with Gasteiger partial charge in [-0.25, -0.2) is 4.68 Å². The average molecular weight is 562 g/mol. The molecular weight excluding hydrogens is 525 g/mol. The molecule has 1 aliphatic heterocycles. The molecule has 1 aliphatic carbocycles. The van der Waals surface area contributed by atoms with Gasteiger partial charge in [-0.2, -0.15) is 10.4 Å². The molecular formula is C25H36IN7. The van der Waals surface area contributed by atoms with Crippen LogP contribution < -0.4 is 11.1 Å². The van der Waals surface area contributed by atoms with Crippen molar-refractivity contribution < 1.29 is 0 Å². The Labute approximate surface area is 214 Å².